The van der Waals surface area contributed by atoms with E-state index in [9.17, 15) is 5.11 Å². The minimum Gasteiger partial charge on any atom is -0.439 e. The molecule has 100 valence electrons. The van der Waals surface area contributed by atoms with Crippen LogP contribution in [0.15, 0.2) is 30.5 Å². The number of hydrogen-bond acceptors (Lipinski definition) is 3. The number of ether oxygens (including phenoxy) is 1. The molecule has 2 rings (SSSR count). The van der Waals surface area contributed by atoms with Crippen LogP contribution in [0.25, 0.3) is 0 Å². The second-order valence-corrected chi connectivity index (χ2v) is 4.96. The van der Waals surface area contributed by atoms with E-state index in [1.165, 1.54) is 0 Å². The monoisotopic (exact) mass is 277 g/mol. The van der Waals surface area contributed by atoms with Crippen LogP contribution in [0.5, 0.6) is 11.6 Å². The molecule has 1 heterocycles. The maximum absolute atomic E-state index is 9.41. The highest BCUT2D eigenvalue weighted by atomic mass is 35.5. The lowest BCUT2D eigenvalue weighted by atomic mass is 10.1. The Morgan fingerprint density at radius 2 is 1.84 bits per heavy atom. The van der Waals surface area contributed by atoms with Gasteiger partial charge in [-0.2, -0.15) is 0 Å². The Balaban J connectivity index is 2.21. The Morgan fingerprint density at radius 3 is 2.32 bits per heavy atom. The quantitative estimate of drug-likeness (QED) is 0.914. The predicted octanol–water partition coefficient (Wildman–Crippen LogP) is 4.20. The molecule has 4 heteroatoms. The third-order valence-corrected chi connectivity index (χ3v) is 3.47. The zero-order chi connectivity index (χ0) is 14.0. The molecule has 0 radical (unpaired) electrons. The average Bonchev–Trinajstić information content (AvgIpc) is 2.36. The molecule has 0 aliphatic heterocycles. The van der Waals surface area contributed by atoms with E-state index in [2.05, 4.69) is 4.98 Å². The molecule has 0 aliphatic carbocycles. The summed E-state index contributed by atoms with van der Waals surface area (Å²) in [6.07, 6.45) is 1.08. The maximum Gasteiger partial charge on any atom is 0.219 e. The van der Waals surface area contributed by atoms with Crippen molar-refractivity contribution in [2.24, 2.45) is 0 Å². The van der Waals surface area contributed by atoms with Crippen LogP contribution in [-0.4, -0.2) is 10.1 Å². The van der Waals surface area contributed by atoms with E-state index in [4.69, 9.17) is 16.3 Å². The minimum atomic E-state index is -0.526. The first kappa shape index (κ1) is 13.8. The fourth-order valence-corrected chi connectivity index (χ4v) is 1.89. The summed E-state index contributed by atoms with van der Waals surface area (Å²) in [6.45, 7) is 5.57. The van der Waals surface area contributed by atoms with Gasteiger partial charge >= 0.3 is 0 Å². The second-order valence-electron chi connectivity index (χ2n) is 4.58. The second kappa shape index (κ2) is 5.59. The van der Waals surface area contributed by atoms with Crippen molar-refractivity contribution in [2.45, 2.75) is 26.9 Å². The molecule has 0 fully saturated rings. The molecule has 0 unspecified atom stereocenters. The molecule has 0 bridgehead atoms. The molecular weight excluding hydrogens is 262 g/mol. The summed E-state index contributed by atoms with van der Waals surface area (Å²) >= 11 is 6.11. The Labute approximate surface area is 117 Å². The van der Waals surface area contributed by atoms with Gasteiger partial charge in [-0.05, 0) is 55.7 Å². The van der Waals surface area contributed by atoms with E-state index in [1.807, 2.05) is 26.0 Å². The van der Waals surface area contributed by atoms with Crippen LogP contribution < -0.4 is 4.74 Å². The molecular formula is C15H16ClNO2. The van der Waals surface area contributed by atoms with Crippen molar-refractivity contribution in [3.63, 3.8) is 0 Å². The van der Waals surface area contributed by atoms with Crippen LogP contribution in [0.1, 0.15) is 29.7 Å². The van der Waals surface area contributed by atoms with Gasteiger partial charge in [0.25, 0.3) is 0 Å². The van der Waals surface area contributed by atoms with Crippen molar-refractivity contribution in [1.82, 2.24) is 4.98 Å². The average molecular weight is 278 g/mol. The highest BCUT2D eigenvalue weighted by Crippen LogP contribution is 2.28. The number of hydrogen-bond donors (Lipinski definition) is 1. The summed E-state index contributed by atoms with van der Waals surface area (Å²) in [6, 6.07) is 7.28. The largest absolute Gasteiger partial charge is 0.439 e. The molecule has 3 nitrogen and oxygen atoms in total. The Morgan fingerprint density at radius 1 is 1.21 bits per heavy atom. The number of benzene rings is 1. The van der Waals surface area contributed by atoms with Crippen LogP contribution in [0.3, 0.4) is 0 Å². The molecule has 1 N–H and O–H groups in total. The highest BCUT2D eigenvalue weighted by Gasteiger charge is 2.06. The van der Waals surface area contributed by atoms with Gasteiger partial charge in [0, 0.05) is 17.3 Å². The molecule has 1 atom stereocenters. The Kier molecular flexibility index (Phi) is 4.08. The molecule has 1 aromatic carbocycles. The number of aryl methyl sites for hydroxylation is 2. The third kappa shape index (κ3) is 3.25. The standard InChI is InChI=1S/C15H16ClNO2/c1-9-6-13(7-10(2)15(9)16)19-14-5-4-12(8-17-14)11(3)18/h4-8,11,18H,1-3H3/t11-/m0/s1. The zero-order valence-electron chi connectivity index (χ0n) is 11.1. The van der Waals surface area contributed by atoms with Gasteiger partial charge in [-0.3, -0.25) is 0 Å². The van der Waals surface area contributed by atoms with Crippen molar-refractivity contribution in [3.8, 4) is 11.6 Å². The minimum absolute atomic E-state index is 0.491. The fraction of sp³-hybridized carbons (Fsp3) is 0.267. The molecule has 0 aliphatic rings. The molecule has 0 amide bonds. The van der Waals surface area contributed by atoms with Crippen LogP contribution in [-0.2, 0) is 0 Å². The van der Waals surface area contributed by atoms with Crippen molar-refractivity contribution in [3.05, 3.63) is 52.2 Å². The zero-order valence-corrected chi connectivity index (χ0v) is 11.9. The van der Waals surface area contributed by atoms with Crippen LogP contribution in [0.4, 0.5) is 0 Å². The normalized spacial score (nSPS) is 12.3. The van der Waals surface area contributed by atoms with E-state index in [0.717, 1.165) is 21.7 Å². The third-order valence-electron chi connectivity index (χ3n) is 2.87. The summed E-state index contributed by atoms with van der Waals surface area (Å²) in [7, 11) is 0. The van der Waals surface area contributed by atoms with Gasteiger partial charge in [-0.15, -0.1) is 0 Å². The molecule has 0 saturated carbocycles. The SMILES string of the molecule is Cc1cc(Oc2ccc([C@H](C)O)cn2)cc(C)c1Cl. The Bertz CT molecular complexity index is 556. The summed E-state index contributed by atoms with van der Waals surface area (Å²) in [5, 5.41) is 10.2. The van der Waals surface area contributed by atoms with Crippen LogP contribution in [0.2, 0.25) is 5.02 Å². The number of aromatic nitrogens is 1. The van der Waals surface area contributed by atoms with Gasteiger partial charge in [0.05, 0.1) is 6.10 Å². The predicted molar refractivity (Wildman–Crippen MR) is 75.9 cm³/mol. The van der Waals surface area contributed by atoms with Crippen molar-refractivity contribution >= 4 is 11.6 Å². The lowest BCUT2D eigenvalue weighted by Crippen LogP contribution is -1.94. The first-order valence-corrected chi connectivity index (χ1v) is 6.44. The molecule has 1 aromatic heterocycles. The summed E-state index contributed by atoms with van der Waals surface area (Å²) in [5.41, 5.74) is 2.70. The van der Waals surface area contributed by atoms with Gasteiger partial charge in [-0.25, -0.2) is 4.98 Å². The van der Waals surface area contributed by atoms with E-state index < -0.39 is 6.10 Å². The van der Waals surface area contributed by atoms with Gasteiger partial charge in [-0.1, -0.05) is 11.6 Å². The van der Waals surface area contributed by atoms with E-state index in [-0.39, 0.29) is 0 Å². The number of halogens is 1. The first-order valence-electron chi connectivity index (χ1n) is 6.06. The molecule has 19 heavy (non-hydrogen) atoms. The van der Waals surface area contributed by atoms with E-state index in [0.29, 0.717) is 11.6 Å². The molecule has 0 saturated heterocycles. The lowest BCUT2D eigenvalue weighted by molar-refractivity contribution is 0.198. The van der Waals surface area contributed by atoms with Gasteiger partial charge < -0.3 is 9.84 Å². The number of aliphatic hydroxyl groups excluding tert-OH is 1. The summed E-state index contributed by atoms with van der Waals surface area (Å²) < 4.78 is 5.68. The Hall–Kier alpha value is -1.58. The number of pyridine rings is 1. The first-order chi connectivity index (χ1) is 8.97. The van der Waals surface area contributed by atoms with Crippen LogP contribution in [0, 0.1) is 13.8 Å². The van der Waals surface area contributed by atoms with Gasteiger partial charge in [0.15, 0.2) is 0 Å². The van der Waals surface area contributed by atoms with E-state index >= 15 is 0 Å². The van der Waals surface area contributed by atoms with Crippen molar-refractivity contribution in [1.29, 1.82) is 0 Å². The van der Waals surface area contributed by atoms with Crippen LogP contribution >= 0.6 is 11.6 Å². The topological polar surface area (TPSA) is 42.4 Å². The lowest BCUT2D eigenvalue weighted by Gasteiger charge is -2.10. The number of rotatable bonds is 3. The molecule has 2 aromatic rings. The summed E-state index contributed by atoms with van der Waals surface area (Å²) in [5.74, 6) is 1.20. The fourth-order valence-electron chi connectivity index (χ4n) is 1.79. The van der Waals surface area contributed by atoms with Gasteiger partial charge in [0.1, 0.15) is 5.75 Å². The number of nitrogens with zero attached hydrogens (tertiary/aromatic N) is 1. The smallest absolute Gasteiger partial charge is 0.219 e. The maximum atomic E-state index is 9.41. The number of aliphatic hydroxyl groups is 1. The van der Waals surface area contributed by atoms with E-state index in [1.54, 1.807) is 25.3 Å². The van der Waals surface area contributed by atoms with Crippen molar-refractivity contribution < 1.29 is 9.84 Å². The molecule has 0 spiro atoms. The highest BCUT2D eigenvalue weighted by molar-refractivity contribution is 6.32. The van der Waals surface area contributed by atoms with Gasteiger partial charge in [0.2, 0.25) is 5.88 Å². The summed E-state index contributed by atoms with van der Waals surface area (Å²) in [4.78, 5) is 4.16. The van der Waals surface area contributed by atoms with Crippen molar-refractivity contribution in [2.75, 3.05) is 0 Å².